The van der Waals surface area contributed by atoms with Crippen LogP contribution >= 0.6 is 0 Å². The maximum Gasteiger partial charge on any atom is 0.237 e. The molecule has 29 heavy (non-hydrogen) atoms. The first-order chi connectivity index (χ1) is 14.1. The van der Waals surface area contributed by atoms with Gasteiger partial charge in [-0.3, -0.25) is 14.5 Å². The molecule has 148 valence electrons. The van der Waals surface area contributed by atoms with Crippen LogP contribution in [-0.4, -0.2) is 31.7 Å². The molecule has 2 aliphatic rings. The molecule has 1 atom stereocenters. The van der Waals surface area contributed by atoms with Crippen molar-refractivity contribution in [2.24, 2.45) is 0 Å². The molecule has 0 N–H and O–H groups in total. The molecule has 7 nitrogen and oxygen atoms in total. The number of fused-ring (bicyclic) bond motifs is 1. The molecule has 1 fully saturated rings. The summed E-state index contributed by atoms with van der Waals surface area (Å²) in [6.45, 7) is 3.70. The number of nitrogens with zero attached hydrogens (tertiary/aromatic N) is 5. The van der Waals surface area contributed by atoms with E-state index in [0.717, 1.165) is 41.0 Å². The second-order valence-corrected chi connectivity index (χ2v) is 7.80. The highest BCUT2D eigenvalue weighted by Gasteiger charge is 2.31. The zero-order chi connectivity index (χ0) is 20.0. The van der Waals surface area contributed by atoms with Gasteiger partial charge in [0.1, 0.15) is 5.75 Å². The van der Waals surface area contributed by atoms with E-state index in [4.69, 9.17) is 4.74 Å². The summed E-state index contributed by atoms with van der Waals surface area (Å²) >= 11 is 0. The Labute approximate surface area is 169 Å². The third-order valence-corrected chi connectivity index (χ3v) is 5.67. The van der Waals surface area contributed by atoms with E-state index in [-0.39, 0.29) is 11.9 Å². The molecule has 1 amide bonds. The maximum absolute atomic E-state index is 12.3. The summed E-state index contributed by atoms with van der Waals surface area (Å²) in [5.41, 5.74) is 3.90. The number of rotatable bonds is 4. The molecule has 2 aromatic heterocycles. The molecule has 0 unspecified atom stereocenters. The highest BCUT2D eigenvalue weighted by atomic mass is 16.5. The Morgan fingerprint density at radius 2 is 2.03 bits per heavy atom. The van der Waals surface area contributed by atoms with Gasteiger partial charge in [0.25, 0.3) is 0 Å². The van der Waals surface area contributed by atoms with Crippen molar-refractivity contribution in [2.45, 2.75) is 51.6 Å². The average Bonchev–Trinajstić information content (AvgIpc) is 3.46. The molecule has 3 heterocycles. The van der Waals surface area contributed by atoms with Gasteiger partial charge in [-0.15, -0.1) is 0 Å². The van der Waals surface area contributed by atoms with Crippen LogP contribution in [0.4, 0.5) is 5.69 Å². The van der Waals surface area contributed by atoms with E-state index < -0.39 is 0 Å². The van der Waals surface area contributed by atoms with Gasteiger partial charge >= 0.3 is 0 Å². The molecule has 0 saturated heterocycles. The Hall–Kier alpha value is -3.22. The number of amides is 1. The molecule has 3 aromatic rings. The first kappa shape index (κ1) is 17.8. The molecule has 0 bridgehead atoms. The molecule has 5 rings (SSSR count). The fourth-order valence-electron chi connectivity index (χ4n) is 4.09. The van der Waals surface area contributed by atoms with Crippen LogP contribution in [-0.2, 0) is 11.2 Å². The molecule has 1 saturated carbocycles. The molecule has 0 spiro atoms. The minimum atomic E-state index is 0.0400. The smallest absolute Gasteiger partial charge is 0.237 e. The van der Waals surface area contributed by atoms with Gasteiger partial charge in [0.05, 0.1) is 24.1 Å². The third kappa shape index (κ3) is 3.26. The van der Waals surface area contributed by atoms with E-state index in [1.54, 1.807) is 25.5 Å². The minimum Gasteiger partial charge on any atom is -0.436 e. The molecular weight excluding hydrogens is 366 g/mol. The lowest BCUT2D eigenvalue weighted by Crippen LogP contribution is -2.40. The van der Waals surface area contributed by atoms with E-state index in [0.29, 0.717) is 11.9 Å². The Morgan fingerprint density at radius 1 is 1.17 bits per heavy atom. The largest absolute Gasteiger partial charge is 0.436 e. The van der Waals surface area contributed by atoms with E-state index >= 15 is 0 Å². The summed E-state index contributed by atoms with van der Waals surface area (Å²) in [5.74, 6) is 1.21. The van der Waals surface area contributed by atoms with Crippen molar-refractivity contribution in [1.29, 1.82) is 0 Å². The van der Waals surface area contributed by atoms with Gasteiger partial charge in [0.2, 0.25) is 11.8 Å². The summed E-state index contributed by atoms with van der Waals surface area (Å²) in [4.78, 5) is 22.6. The molecule has 1 aliphatic heterocycles. The van der Waals surface area contributed by atoms with E-state index in [1.807, 2.05) is 27.9 Å². The van der Waals surface area contributed by atoms with Crippen LogP contribution in [0.3, 0.4) is 0 Å². The Balaban J connectivity index is 1.65. The summed E-state index contributed by atoms with van der Waals surface area (Å²) in [6, 6.07) is 4.72. The second-order valence-electron chi connectivity index (χ2n) is 7.80. The van der Waals surface area contributed by atoms with Gasteiger partial charge in [-0.25, -0.2) is 4.98 Å². The number of hydrogen-bond acceptors (Lipinski definition) is 5. The zero-order valence-corrected chi connectivity index (χ0v) is 16.6. The van der Waals surface area contributed by atoms with Crippen LogP contribution in [0.2, 0.25) is 0 Å². The lowest BCUT2D eigenvalue weighted by atomic mass is 9.92. The number of ether oxygens (including phenoxy) is 1. The van der Waals surface area contributed by atoms with Gasteiger partial charge in [-0.1, -0.05) is 0 Å². The van der Waals surface area contributed by atoms with E-state index in [9.17, 15) is 4.79 Å². The van der Waals surface area contributed by atoms with Crippen molar-refractivity contribution in [3.63, 3.8) is 0 Å². The molecular formula is C22H23N5O2. The summed E-state index contributed by atoms with van der Waals surface area (Å²) < 4.78 is 8.29. The summed E-state index contributed by atoms with van der Waals surface area (Å²) in [6.07, 6.45) is 12.9. The molecule has 1 aliphatic carbocycles. The fraction of sp³-hybridized carbons (Fsp3) is 0.364. The van der Waals surface area contributed by atoms with Crippen LogP contribution in [0.5, 0.6) is 11.6 Å². The zero-order valence-electron chi connectivity index (χ0n) is 16.6. The normalized spacial score (nSPS) is 18.4. The van der Waals surface area contributed by atoms with Crippen LogP contribution < -0.4 is 9.64 Å². The molecule has 0 radical (unpaired) electrons. The van der Waals surface area contributed by atoms with Crippen LogP contribution in [0.25, 0.3) is 11.1 Å². The number of hydrogen-bond donors (Lipinski definition) is 0. The average molecular weight is 389 g/mol. The van der Waals surface area contributed by atoms with Crippen molar-refractivity contribution < 1.29 is 9.53 Å². The first-order valence-corrected chi connectivity index (χ1v) is 10.1. The number of benzene rings is 1. The Bertz CT molecular complexity index is 1060. The van der Waals surface area contributed by atoms with Crippen LogP contribution in [0.1, 0.15) is 44.7 Å². The van der Waals surface area contributed by atoms with Gasteiger partial charge in [-0.05, 0) is 44.7 Å². The number of aromatic nitrogens is 4. The van der Waals surface area contributed by atoms with Gasteiger partial charge in [0.15, 0.2) is 0 Å². The van der Waals surface area contributed by atoms with E-state index in [2.05, 4.69) is 28.2 Å². The summed E-state index contributed by atoms with van der Waals surface area (Å²) in [5, 5.41) is 4.54. The van der Waals surface area contributed by atoms with Crippen LogP contribution in [0, 0.1) is 0 Å². The highest BCUT2D eigenvalue weighted by molar-refractivity contribution is 5.95. The van der Waals surface area contributed by atoms with Crippen molar-refractivity contribution in [2.75, 3.05) is 4.90 Å². The fourth-order valence-corrected chi connectivity index (χ4v) is 4.09. The van der Waals surface area contributed by atoms with Crippen molar-refractivity contribution in [1.82, 2.24) is 19.7 Å². The van der Waals surface area contributed by atoms with E-state index in [1.165, 1.54) is 12.8 Å². The molecule has 1 aromatic carbocycles. The second kappa shape index (κ2) is 6.99. The van der Waals surface area contributed by atoms with Gasteiger partial charge in [0, 0.05) is 48.2 Å². The van der Waals surface area contributed by atoms with Crippen molar-refractivity contribution in [3.8, 4) is 22.8 Å². The lowest BCUT2D eigenvalue weighted by Gasteiger charge is -2.35. The Kier molecular flexibility index (Phi) is 4.30. The third-order valence-electron chi connectivity index (χ3n) is 5.67. The summed E-state index contributed by atoms with van der Waals surface area (Å²) in [7, 11) is 0. The quantitative estimate of drug-likeness (QED) is 0.670. The first-order valence-electron chi connectivity index (χ1n) is 10.1. The maximum atomic E-state index is 12.3. The lowest BCUT2D eigenvalue weighted by molar-refractivity contribution is -0.117. The van der Waals surface area contributed by atoms with Crippen molar-refractivity contribution >= 4 is 11.6 Å². The number of anilines is 1. The monoisotopic (exact) mass is 389 g/mol. The van der Waals surface area contributed by atoms with Gasteiger partial charge in [-0.2, -0.15) is 5.10 Å². The Morgan fingerprint density at radius 3 is 2.76 bits per heavy atom. The van der Waals surface area contributed by atoms with Crippen molar-refractivity contribution in [3.05, 3.63) is 48.7 Å². The minimum absolute atomic E-state index is 0.0400. The van der Waals surface area contributed by atoms with Gasteiger partial charge < -0.3 is 9.64 Å². The standard InChI is InChI=1S/C22H23N5O2/c1-14-3-6-19-20(27(14)15(2)28)8-7-18(16-11-25-26(13-16)17-4-5-17)22(19)29-21-12-23-9-10-24-21/h7-14,17H,3-6H2,1-2H3/t14-/m0/s1. The topological polar surface area (TPSA) is 73.1 Å². The number of carbonyl (C=O) groups excluding carboxylic acids is 1. The highest BCUT2D eigenvalue weighted by Crippen LogP contribution is 2.45. The predicted octanol–water partition coefficient (Wildman–Crippen LogP) is 4.15. The van der Waals surface area contributed by atoms with Crippen LogP contribution in [0.15, 0.2) is 43.1 Å². The molecule has 7 heteroatoms. The predicted molar refractivity (Wildman–Crippen MR) is 109 cm³/mol. The SMILES string of the molecule is CC(=O)N1c2ccc(-c3cnn(C4CC4)c3)c(Oc3cnccn3)c2CC[C@@H]1C. The number of carbonyl (C=O) groups is 1.